The second kappa shape index (κ2) is 15.7. The summed E-state index contributed by atoms with van der Waals surface area (Å²) in [7, 11) is 0. The van der Waals surface area contributed by atoms with E-state index in [1.54, 1.807) is 6.92 Å². The first kappa shape index (κ1) is 21.0. The van der Waals surface area contributed by atoms with Crippen LogP contribution in [0.3, 0.4) is 0 Å². The number of epoxide rings is 1. The predicted octanol–water partition coefficient (Wildman–Crippen LogP) is 4.45. The maximum Gasteiger partial charge on any atom is 0.333 e. The van der Waals surface area contributed by atoms with Crippen LogP contribution in [0.25, 0.3) is 0 Å². The van der Waals surface area contributed by atoms with E-state index >= 15 is 0 Å². The van der Waals surface area contributed by atoms with E-state index in [-0.39, 0.29) is 12.1 Å². The average Bonchev–Trinajstić information content (AvgIpc) is 3.28. The molecule has 3 heteroatoms. The highest BCUT2D eigenvalue weighted by Crippen LogP contribution is 2.09. The van der Waals surface area contributed by atoms with Crippen molar-refractivity contribution in [3.8, 4) is 0 Å². The zero-order chi connectivity index (χ0) is 15.8. The molecular weight excluding hydrogens is 252 g/mol. The van der Waals surface area contributed by atoms with Gasteiger partial charge in [-0.3, -0.25) is 0 Å². The predicted molar refractivity (Wildman–Crippen MR) is 85.7 cm³/mol. The summed E-state index contributed by atoms with van der Waals surface area (Å²) in [5.74, 6) is -0.337. The van der Waals surface area contributed by atoms with Crippen LogP contribution >= 0.6 is 0 Å². The van der Waals surface area contributed by atoms with Gasteiger partial charge in [0.05, 0.1) is 6.61 Å². The number of rotatable bonds is 8. The number of hydrogen-bond acceptors (Lipinski definition) is 3. The Labute approximate surface area is 124 Å². The van der Waals surface area contributed by atoms with Crippen molar-refractivity contribution in [2.45, 2.75) is 52.1 Å². The lowest BCUT2D eigenvalue weighted by molar-refractivity contribution is -0.139. The summed E-state index contributed by atoms with van der Waals surface area (Å²) in [6, 6.07) is 0. The number of ether oxygens (including phenoxy) is 2. The van der Waals surface area contributed by atoms with Crippen LogP contribution in [0.1, 0.15) is 46.0 Å². The quantitative estimate of drug-likeness (QED) is 0.217. The highest BCUT2D eigenvalue weighted by atomic mass is 16.6. The van der Waals surface area contributed by atoms with Crippen molar-refractivity contribution in [1.29, 1.82) is 0 Å². The fourth-order valence-electron chi connectivity index (χ4n) is 1.17. The van der Waals surface area contributed by atoms with Crippen LogP contribution in [0.4, 0.5) is 0 Å². The summed E-state index contributed by atoms with van der Waals surface area (Å²) in [6.07, 6.45) is 8.75. The molecule has 0 spiro atoms. The second-order valence-corrected chi connectivity index (χ2v) is 4.47. The zero-order valence-electron chi connectivity index (χ0n) is 13.2. The summed E-state index contributed by atoms with van der Waals surface area (Å²) < 4.78 is 9.60. The molecule has 1 fully saturated rings. The van der Waals surface area contributed by atoms with E-state index < -0.39 is 0 Å². The molecule has 20 heavy (non-hydrogen) atoms. The molecule has 0 aromatic carbocycles. The number of allylic oxidation sites excluding steroid dienone is 1. The summed E-state index contributed by atoms with van der Waals surface area (Å²) in [6.45, 7) is 18.0. The van der Waals surface area contributed by atoms with Crippen molar-refractivity contribution in [2.75, 3.05) is 13.2 Å². The van der Waals surface area contributed by atoms with Crippen molar-refractivity contribution in [3.05, 3.63) is 38.0 Å². The molecular formula is C17H30O3. The van der Waals surface area contributed by atoms with Crippen molar-refractivity contribution >= 4 is 5.97 Å². The summed E-state index contributed by atoms with van der Waals surface area (Å²) in [5.41, 5.74) is 0.431. The minimum absolute atomic E-state index is 0.142. The molecule has 0 aromatic heterocycles. The first-order valence-corrected chi connectivity index (χ1v) is 7.16. The van der Waals surface area contributed by atoms with Crippen LogP contribution in [0, 0.1) is 0 Å². The third-order valence-corrected chi connectivity index (χ3v) is 2.41. The van der Waals surface area contributed by atoms with Crippen LogP contribution in [-0.2, 0) is 14.3 Å². The minimum Gasteiger partial charge on any atom is -0.459 e. The van der Waals surface area contributed by atoms with E-state index in [2.05, 4.69) is 33.2 Å². The number of hydrogen-bond donors (Lipinski definition) is 0. The molecule has 1 heterocycles. The van der Waals surface area contributed by atoms with Crippen LogP contribution in [0.5, 0.6) is 0 Å². The fourth-order valence-corrected chi connectivity index (χ4v) is 1.17. The number of carbonyl (C=O) groups excluding carboxylic acids is 1. The normalized spacial score (nSPS) is 14.8. The van der Waals surface area contributed by atoms with Gasteiger partial charge in [0.2, 0.25) is 0 Å². The Morgan fingerprint density at radius 2 is 1.95 bits per heavy atom. The van der Waals surface area contributed by atoms with E-state index in [9.17, 15) is 4.79 Å². The molecule has 1 atom stereocenters. The van der Waals surface area contributed by atoms with Gasteiger partial charge in [-0.05, 0) is 19.8 Å². The van der Waals surface area contributed by atoms with Gasteiger partial charge in [-0.25, -0.2) is 4.79 Å². The van der Waals surface area contributed by atoms with E-state index in [4.69, 9.17) is 9.47 Å². The monoisotopic (exact) mass is 282 g/mol. The van der Waals surface area contributed by atoms with Crippen molar-refractivity contribution < 1.29 is 14.3 Å². The summed E-state index contributed by atoms with van der Waals surface area (Å²) in [4.78, 5) is 10.7. The average molecular weight is 282 g/mol. The Morgan fingerprint density at radius 3 is 2.35 bits per heavy atom. The molecule has 0 saturated carbocycles. The van der Waals surface area contributed by atoms with Gasteiger partial charge in [-0.15, -0.1) is 19.7 Å². The summed E-state index contributed by atoms with van der Waals surface area (Å²) >= 11 is 0. The molecule has 0 amide bonds. The fraction of sp³-hybridized carbons (Fsp3) is 0.588. The first-order chi connectivity index (χ1) is 9.61. The van der Waals surface area contributed by atoms with Gasteiger partial charge in [0.25, 0.3) is 0 Å². The second-order valence-electron chi connectivity index (χ2n) is 4.47. The van der Waals surface area contributed by atoms with Gasteiger partial charge in [-0.1, -0.05) is 38.8 Å². The molecule has 1 unspecified atom stereocenters. The minimum atomic E-state index is -0.337. The Balaban J connectivity index is 0. The van der Waals surface area contributed by atoms with Crippen LogP contribution in [0.15, 0.2) is 38.0 Å². The molecule has 0 radical (unpaired) electrons. The lowest BCUT2D eigenvalue weighted by Gasteiger charge is -1.99. The third-order valence-electron chi connectivity index (χ3n) is 2.41. The van der Waals surface area contributed by atoms with Gasteiger partial charge in [-0.2, -0.15) is 0 Å². The first-order valence-electron chi connectivity index (χ1n) is 7.16. The third kappa shape index (κ3) is 16.6. The molecule has 0 bridgehead atoms. The van der Waals surface area contributed by atoms with Crippen molar-refractivity contribution in [3.63, 3.8) is 0 Å². The standard InChI is InChI=1S/C8H16.C7H10O3.C2H4/c1-3-5-7-8-6-4-2;1-5(2)7(8)10-4-6-3-9-6;1-2/h3H,1,4-8H2,2H3;6H,1,3-4H2,2H3;1-2H2. The maximum atomic E-state index is 10.7. The van der Waals surface area contributed by atoms with E-state index in [0.717, 1.165) is 0 Å². The van der Waals surface area contributed by atoms with Crippen molar-refractivity contribution in [2.24, 2.45) is 0 Å². The Kier molecular flexibility index (Phi) is 16.5. The highest BCUT2D eigenvalue weighted by molar-refractivity contribution is 5.86. The summed E-state index contributed by atoms with van der Waals surface area (Å²) in [5, 5.41) is 0. The lowest BCUT2D eigenvalue weighted by Crippen LogP contribution is -2.09. The smallest absolute Gasteiger partial charge is 0.333 e. The molecule has 1 aliphatic rings. The number of esters is 1. The lowest BCUT2D eigenvalue weighted by atomic mass is 10.2. The molecule has 0 aliphatic carbocycles. The van der Waals surface area contributed by atoms with E-state index in [1.807, 2.05) is 6.08 Å². The van der Waals surface area contributed by atoms with Crippen molar-refractivity contribution in [1.82, 2.24) is 0 Å². The SMILES string of the molecule is C=C.C=C(C)C(=O)OCC1CO1.C=CCCCCCC. The van der Waals surface area contributed by atoms with Gasteiger partial charge in [0, 0.05) is 5.57 Å². The molecule has 0 aromatic rings. The Bertz CT molecular complexity index is 267. The zero-order valence-corrected chi connectivity index (χ0v) is 13.2. The van der Waals surface area contributed by atoms with Gasteiger partial charge >= 0.3 is 5.97 Å². The molecule has 1 aliphatic heterocycles. The maximum absolute atomic E-state index is 10.7. The number of carbonyl (C=O) groups is 1. The Hall–Kier alpha value is -1.35. The van der Waals surface area contributed by atoms with Gasteiger partial charge in [0.15, 0.2) is 0 Å². The van der Waals surface area contributed by atoms with Gasteiger partial charge < -0.3 is 9.47 Å². The topological polar surface area (TPSA) is 38.8 Å². The number of unbranched alkanes of at least 4 members (excludes halogenated alkanes) is 4. The molecule has 0 N–H and O–H groups in total. The van der Waals surface area contributed by atoms with E-state index in [1.165, 1.54) is 32.1 Å². The molecule has 1 saturated heterocycles. The van der Waals surface area contributed by atoms with E-state index in [0.29, 0.717) is 18.8 Å². The van der Waals surface area contributed by atoms with Crippen LogP contribution in [-0.4, -0.2) is 25.3 Å². The highest BCUT2D eigenvalue weighted by Gasteiger charge is 2.24. The molecule has 3 nitrogen and oxygen atoms in total. The largest absolute Gasteiger partial charge is 0.459 e. The molecule has 116 valence electrons. The van der Waals surface area contributed by atoms with Crippen LogP contribution < -0.4 is 0 Å². The Morgan fingerprint density at radius 1 is 1.35 bits per heavy atom. The van der Waals surface area contributed by atoms with Gasteiger partial charge in [0.1, 0.15) is 12.7 Å². The van der Waals surface area contributed by atoms with Crippen LogP contribution in [0.2, 0.25) is 0 Å². The molecule has 1 rings (SSSR count).